The fourth-order valence-electron chi connectivity index (χ4n) is 3.26. The molecule has 1 unspecified atom stereocenters. The van der Waals surface area contributed by atoms with Gasteiger partial charge in [-0.3, -0.25) is 13.9 Å². The minimum absolute atomic E-state index is 0.170. The van der Waals surface area contributed by atoms with E-state index in [-0.39, 0.29) is 12.5 Å². The highest BCUT2D eigenvalue weighted by atomic mass is 35.5. The van der Waals surface area contributed by atoms with Crippen LogP contribution in [-0.2, 0) is 26.2 Å². The number of carbonyl (C=O) groups excluding carboxylic acids is 2. The summed E-state index contributed by atoms with van der Waals surface area (Å²) in [6.45, 7) is 7.23. The summed E-state index contributed by atoms with van der Waals surface area (Å²) in [6.07, 6.45) is 1.04. The minimum atomic E-state index is -3.79. The van der Waals surface area contributed by atoms with E-state index in [4.69, 9.17) is 11.6 Å². The van der Waals surface area contributed by atoms with Gasteiger partial charge in [-0.2, -0.15) is 0 Å². The molecule has 2 aromatic carbocycles. The third-order valence-corrected chi connectivity index (χ3v) is 6.71. The van der Waals surface area contributed by atoms with Gasteiger partial charge < -0.3 is 10.2 Å². The summed E-state index contributed by atoms with van der Waals surface area (Å²) < 4.78 is 26.2. The van der Waals surface area contributed by atoms with Gasteiger partial charge in [0.2, 0.25) is 21.8 Å². The number of rotatable bonds is 9. The van der Waals surface area contributed by atoms with Crippen molar-refractivity contribution in [2.75, 3.05) is 23.7 Å². The van der Waals surface area contributed by atoms with Crippen molar-refractivity contribution >= 4 is 39.1 Å². The number of carbonyl (C=O) groups is 2. The maximum atomic E-state index is 13.4. The molecule has 0 saturated carbocycles. The molecule has 0 fully saturated rings. The number of nitrogens with zero attached hydrogens (tertiary/aromatic N) is 2. The van der Waals surface area contributed by atoms with E-state index in [1.807, 2.05) is 31.2 Å². The van der Waals surface area contributed by atoms with Crippen molar-refractivity contribution < 1.29 is 18.0 Å². The normalized spacial score (nSPS) is 12.2. The molecule has 2 amide bonds. The maximum absolute atomic E-state index is 13.4. The van der Waals surface area contributed by atoms with Crippen LogP contribution in [0.3, 0.4) is 0 Å². The quantitative estimate of drug-likeness (QED) is 0.598. The monoisotopic (exact) mass is 479 g/mol. The van der Waals surface area contributed by atoms with Crippen LogP contribution in [0, 0.1) is 13.8 Å². The molecule has 0 aliphatic heterocycles. The molecule has 0 radical (unpaired) electrons. The average Bonchev–Trinajstić information content (AvgIpc) is 2.72. The maximum Gasteiger partial charge on any atom is 0.244 e. The van der Waals surface area contributed by atoms with Gasteiger partial charge in [-0.1, -0.05) is 47.5 Å². The molecule has 0 saturated heterocycles. The molecule has 2 rings (SSSR count). The van der Waals surface area contributed by atoms with Crippen molar-refractivity contribution in [2.24, 2.45) is 0 Å². The Balaban J connectivity index is 2.42. The molecular weight excluding hydrogens is 450 g/mol. The SMILES string of the molecule is CCNC(=O)C(C)N(Cc1ccc(C)cc1)C(=O)CN(c1cccc(Cl)c1C)S(C)(=O)=O. The zero-order valence-corrected chi connectivity index (χ0v) is 20.6. The smallest absolute Gasteiger partial charge is 0.244 e. The van der Waals surface area contributed by atoms with E-state index in [1.165, 1.54) is 4.90 Å². The molecule has 9 heteroatoms. The van der Waals surface area contributed by atoms with Gasteiger partial charge in [-0.15, -0.1) is 0 Å². The largest absolute Gasteiger partial charge is 0.355 e. The summed E-state index contributed by atoms with van der Waals surface area (Å²) in [5.41, 5.74) is 2.79. The molecule has 0 bridgehead atoms. The number of amides is 2. The molecule has 0 aliphatic rings. The summed E-state index contributed by atoms with van der Waals surface area (Å²) in [6, 6.07) is 11.7. The molecule has 0 aromatic heterocycles. The second-order valence-corrected chi connectivity index (χ2v) is 10.0. The molecule has 1 atom stereocenters. The third kappa shape index (κ3) is 6.46. The molecular formula is C23H30ClN3O4S. The van der Waals surface area contributed by atoms with Crippen molar-refractivity contribution in [2.45, 2.75) is 40.3 Å². The number of aryl methyl sites for hydroxylation is 1. The van der Waals surface area contributed by atoms with E-state index in [1.54, 1.807) is 39.0 Å². The van der Waals surface area contributed by atoms with E-state index >= 15 is 0 Å². The first-order valence-corrected chi connectivity index (χ1v) is 12.5. The number of hydrogen-bond acceptors (Lipinski definition) is 4. The predicted molar refractivity (Wildman–Crippen MR) is 128 cm³/mol. The summed E-state index contributed by atoms with van der Waals surface area (Å²) in [5, 5.41) is 3.12. The zero-order valence-electron chi connectivity index (χ0n) is 19.1. The van der Waals surface area contributed by atoms with Gasteiger partial charge >= 0.3 is 0 Å². The summed E-state index contributed by atoms with van der Waals surface area (Å²) >= 11 is 6.18. The second kappa shape index (κ2) is 10.8. The van der Waals surface area contributed by atoms with Crippen molar-refractivity contribution in [1.29, 1.82) is 0 Å². The first-order chi connectivity index (χ1) is 15.0. The van der Waals surface area contributed by atoms with Gasteiger partial charge in [0.25, 0.3) is 0 Å². The highest BCUT2D eigenvalue weighted by Crippen LogP contribution is 2.28. The first kappa shape index (κ1) is 25.7. The van der Waals surface area contributed by atoms with Crippen molar-refractivity contribution in [1.82, 2.24) is 10.2 Å². The molecule has 7 nitrogen and oxygen atoms in total. The lowest BCUT2D eigenvalue weighted by atomic mass is 10.1. The Morgan fingerprint density at radius 2 is 1.72 bits per heavy atom. The average molecular weight is 480 g/mol. The highest BCUT2D eigenvalue weighted by Gasteiger charge is 2.30. The highest BCUT2D eigenvalue weighted by molar-refractivity contribution is 7.92. The van der Waals surface area contributed by atoms with E-state index in [2.05, 4.69) is 5.32 Å². The van der Waals surface area contributed by atoms with Crippen LogP contribution in [0.5, 0.6) is 0 Å². The summed E-state index contributed by atoms with van der Waals surface area (Å²) in [4.78, 5) is 27.3. The molecule has 0 spiro atoms. The summed E-state index contributed by atoms with van der Waals surface area (Å²) in [5.74, 6) is -0.799. The number of nitrogens with one attached hydrogen (secondary N) is 1. The second-order valence-electron chi connectivity index (χ2n) is 7.73. The van der Waals surface area contributed by atoms with Crippen LogP contribution in [0.4, 0.5) is 5.69 Å². The van der Waals surface area contributed by atoms with Gasteiger partial charge in [0.05, 0.1) is 11.9 Å². The Hall–Kier alpha value is -2.58. The lowest BCUT2D eigenvalue weighted by Gasteiger charge is -2.32. The number of anilines is 1. The van der Waals surface area contributed by atoms with E-state index in [0.29, 0.717) is 22.8 Å². The molecule has 2 aromatic rings. The number of halogens is 1. The standard InChI is InChI=1S/C23H30ClN3O4S/c1-6-25-23(29)18(4)26(14-19-12-10-16(2)11-13-19)22(28)15-27(32(5,30)31)21-9-7-8-20(24)17(21)3/h7-13,18H,6,14-15H2,1-5H3,(H,25,29). The Labute approximate surface area is 195 Å². The third-order valence-electron chi connectivity index (χ3n) is 5.18. The van der Waals surface area contributed by atoms with E-state index in [9.17, 15) is 18.0 Å². The molecule has 174 valence electrons. The van der Waals surface area contributed by atoms with Gasteiger partial charge in [0.1, 0.15) is 12.6 Å². The molecule has 32 heavy (non-hydrogen) atoms. The van der Waals surface area contributed by atoms with E-state index < -0.39 is 28.5 Å². The zero-order chi connectivity index (χ0) is 24.1. The number of likely N-dealkylation sites (N-methyl/N-ethyl adjacent to an activating group) is 1. The van der Waals surface area contributed by atoms with Crippen LogP contribution < -0.4 is 9.62 Å². The topological polar surface area (TPSA) is 86.8 Å². The Bertz CT molecular complexity index is 1070. The van der Waals surface area contributed by atoms with Crippen molar-refractivity contribution in [3.63, 3.8) is 0 Å². The Morgan fingerprint density at radius 3 is 2.28 bits per heavy atom. The van der Waals surface area contributed by atoms with Crippen molar-refractivity contribution in [3.8, 4) is 0 Å². The van der Waals surface area contributed by atoms with Crippen LogP contribution in [0.15, 0.2) is 42.5 Å². The van der Waals surface area contributed by atoms with Gasteiger partial charge in [0.15, 0.2) is 0 Å². The number of sulfonamides is 1. The van der Waals surface area contributed by atoms with Crippen LogP contribution in [0.25, 0.3) is 0 Å². The summed E-state index contributed by atoms with van der Waals surface area (Å²) in [7, 11) is -3.79. The lowest BCUT2D eigenvalue weighted by Crippen LogP contribution is -2.51. The Kier molecular flexibility index (Phi) is 8.69. The number of benzene rings is 2. The fourth-order valence-corrected chi connectivity index (χ4v) is 4.33. The van der Waals surface area contributed by atoms with Crippen LogP contribution in [0.1, 0.15) is 30.5 Å². The van der Waals surface area contributed by atoms with Gasteiger partial charge in [0, 0.05) is 18.1 Å². The number of hydrogen-bond donors (Lipinski definition) is 1. The first-order valence-electron chi connectivity index (χ1n) is 10.3. The molecule has 0 heterocycles. The fraction of sp³-hybridized carbons (Fsp3) is 0.391. The predicted octanol–water partition coefficient (Wildman–Crippen LogP) is 3.28. The molecule has 0 aliphatic carbocycles. The van der Waals surface area contributed by atoms with Crippen LogP contribution in [0.2, 0.25) is 5.02 Å². The molecule has 1 N–H and O–H groups in total. The van der Waals surface area contributed by atoms with Crippen LogP contribution in [-0.4, -0.2) is 50.5 Å². The Morgan fingerprint density at radius 1 is 1.09 bits per heavy atom. The van der Waals surface area contributed by atoms with Crippen molar-refractivity contribution in [3.05, 3.63) is 64.2 Å². The van der Waals surface area contributed by atoms with E-state index in [0.717, 1.165) is 21.7 Å². The lowest BCUT2D eigenvalue weighted by molar-refractivity contribution is -0.139. The minimum Gasteiger partial charge on any atom is -0.355 e. The van der Waals surface area contributed by atoms with Gasteiger partial charge in [-0.05, 0) is 51.0 Å². The van der Waals surface area contributed by atoms with Gasteiger partial charge in [-0.25, -0.2) is 8.42 Å². The van der Waals surface area contributed by atoms with Crippen LogP contribution >= 0.6 is 11.6 Å².